The molecule has 1 aromatic rings. The first-order chi connectivity index (χ1) is 8.26. The summed E-state index contributed by atoms with van der Waals surface area (Å²) in [6.45, 7) is 1.25. The summed E-state index contributed by atoms with van der Waals surface area (Å²) in [4.78, 5) is 11.2. The summed E-state index contributed by atoms with van der Waals surface area (Å²) in [6.07, 6.45) is 0. The molecular formula is C11H9BrClF3OS. The van der Waals surface area contributed by atoms with Gasteiger partial charge >= 0.3 is 5.51 Å². The van der Waals surface area contributed by atoms with E-state index in [0.29, 0.717) is 5.56 Å². The second-order valence-corrected chi connectivity index (χ2v) is 5.56. The van der Waals surface area contributed by atoms with Crippen LogP contribution in [0.15, 0.2) is 23.1 Å². The molecule has 0 bridgehead atoms. The van der Waals surface area contributed by atoms with Crippen LogP contribution in [0.1, 0.15) is 23.4 Å². The van der Waals surface area contributed by atoms with Crippen LogP contribution in [0.2, 0.25) is 0 Å². The highest BCUT2D eigenvalue weighted by Crippen LogP contribution is 2.43. The van der Waals surface area contributed by atoms with Crippen LogP contribution in [0.3, 0.4) is 0 Å². The zero-order valence-corrected chi connectivity index (χ0v) is 12.4. The van der Waals surface area contributed by atoms with E-state index < -0.39 is 10.9 Å². The van der Waals surface area contributed by atoms with Gasteiger partial charge in [-0.25, -0.2) is 0 Å². The molecule has 0 N–H and O–H groups in total. The van der Waals surface area contributed by atoms with E-state index in [0.717, 1.165) is 0 Å². The molecule has 0 radical (unpaired) electrons. The monoisotopic (exact) mass is 360 g/mol. The average Bonchev–Trinajstić information content (AvgIpc) is 2.26. The third kappa shape index (κ3) is 4.17. The maximum atomic E-state index is 12.5. The number of hydrogen-bond acceptors (Lipinski definition) is 2. The maximum Gasteiger partial charge on any atom is 0.446 e. The minimum atomic E-state index is -4.42. The summed E-state index contributed by atoms with van der Waals surface area (Å²) in [5.74, 6) is -0.382. The lowest BCUT2D eigenvalue weighted by molar-refractivity contribution is -0.116. The van der Waals surface area contributed by atoms with Gasteiger partial charge in [0, 0.05) is 10.2 Å². The van der Waals surface area contributed by atoms with Gasteiger partial charge in [0.2, 0.25) is 0 Å². The van der Waals surface area contributed by atoms with Crippen molar-refractivity contribution < 1.29 is 18.0 Å². The van der Waals surface area contributed by atoms with Gasteiger partial charge in [0.25, 0.3) is 0 Å². The molecule has 1 atom stereocenters. The van der Waals surface area contributed by atoms with Crippen LogP contribution in [0, 0.1) is 0 Å². The number of benzene rings is 1. The smallest absolute Gasteiger partial charge is 0.298 e. The van der Waals surface area contributed by atoms with E-state index in [4.69, 9.17) is 11.6 Å². The fraction of sp³-hybridized carbons (Fsp3) is 0.364. The average molecular weight is 362 g/mol. The van der Waals surface area contributed by atoms with Crippen molar-refractivity contribution in [2.45, 2.75) is 28.0 Å². The predicted molar refractivity (Wildman–Crippen MR) is 70.3 cm³/mol. The molecule has 18 heavy (non-hydrogen) atoms. The molecule has 7 heteroatoms. The molecule has 1 rings (SSSR count). The molecule has 0 aliphatic heterocycles. The van der Waals surface area contributed by atoms with Gasteiger partial charge in [-0.2, -0.15) is 13.2 Å². The summed E-state index contributed by atoms with van der Waals surface area (Å²) in [5.41, 5.74) is -3.76. The number of rotatable bonds is 4. The van der Waals surface area contributed by atoms with Gasteiger partial charge in [-0.05, 0) is 29.8 Å². The minimum absolute atomic E-state index is 0.00271. The standard InChI is InChI=1S/C11H9BrClF3OS/c1-6(17)9(13)8-4-2-3-7(5-12)10(8)18-11(14,15)16/h2-4,9H,5H2,1H3. The zero-order chi connectivity index (χ0) is 13.9. The van der Waals surface area contributed by atoms with E-state index >= 15 is 0 Å². The maximum absolute atomic E-state index is 12.5. The molecule has 0 fully saturated rings. The Labute approximate surface area is 120 Å². The second kappa shape index (κ2) is 6.30. The van der Waals surface area contributed by atoms with Crippen molar-refractivity contribution in [1.82, 2.24) is 0 Å². The van der Waals surface area contributed by atoms with E-state index in [-0.39, 0.29) is 33.3 Å². The fourth-order valence-corrected chi connectivity index (χ4v) is 3.07. The number of halogens is 5. The van der Waals surface area contributed by atoms with E-state index in [9.17, 15) is 18.0 Å². The largest absolute Gasteiger partial charge is 0.446 e. The summed E-state index contributed by atoms with van der Waals surface area (Å²) in [6, 6.07) is 4.60. The Bertz CT molecular complexity index is 450. The highest BCUT2D eigenvalue weighted by Gasteiger charge is 2.33. The van der Waals surface area contributed by atoms with Crippen molar-refractivity contribution in [2.24, 2.45) is 0 Å². The predicted octanol–water partition coefficient (Wildman–Crippen LogP) is 5.06. The SMILES string of the molecule is CC(=O)C(Cl)c1cccc(CBr)c1SC(F)(F)F. The second-order valence-electron chi connectivity index (χ2n) is 3.49. The number of ketones is 1. The number of carbonyl (C=O) groups is 1. The van der Waals surface area contributed by atoms with Gasteiger partial charge in [0.05, 0.1) is 0 Å². The zero-order valence-electron chi connectivity index (χ0n) is 9.22. The molecule has 1 unspecified atom stereocenters. The minimum Gasteiger partial charge on any atom is -0.298 e. The van der Waals surface area contributed by atoms with Crippen LogP contribution >= 0.6 is 39.3 Å². The van der Waals surface area contributed by atoms with E-state index in [1.807, 2.05) is 0 Å². The van der Waals surface area contributed by atoms with E-state index in [2.05, 4.69) is 15.9 Å². The van der Waals surface area contributed by atoms with Crippen molar-refractivity contribution in [1.29, 1.82) is 0 Å². The summed E-state index contributed by atoms with van der Waals surface area (Å²) in [7, 11) is 0. The van der Waals surface area contributed by atoms with Crippen LogP contribution in [0.4, 0.5) is 13.2 Å². The Balaban J connectivity index is 3.29. The lowest BCUT2D eigenvalue weighted by atomic mass is 10.1. The third-order valence-corrected chi connectivity index (χ3v) is 4.20. The Morgan fingerprint density at radius 2 is 2.11 bits per heavy atom. The van der Waals surface area contributed by atoms with Gasteiger partial charge < -0.3 is 0 Å². The van der Waals surface area contributed by atoms with Gasteiger partial charge in [0.15, 0.2) is 5.78 Å². The molecular weight excluding hydrogens is 353 g/mol. The first-order valence-electron chi connectivity index (χ1n) is 4.84. The molecule has 0 amide bonds. The van der Waals surface area contributed by atoms with Crippen LogP contribution in [-0.4, -0.2) is 11.3 Å². The van der Waals surface area contributed by atoms with Crippen molar-refractivity contribution in [3.8, 4) is 0 Å². The number of Topliss-reactive ketones (excluding diaryl/α,β-unsaturated/α-hetero) is 1. The topological polar surface area (TPSA) is 17.1 Å². The van der Waals surface area contributed by atoms with Crippen LogP contribution < -0.4 is 0 Å². The first kappa shape index (κ1) is 15.9. The molecule has 1 nitrogen and oxygen atoms in total. The molecule has 0 aliphatic rings. The number of thioether (sulfide) groups is 1. The summed E-state index contributed by atoms with van der Waals surface area (Å²) >= 11 is 8.74. The molecule has 0 saturated heterocycles. The molecule has 0 heterocycles. The highest BCUT2D eigenvalue weighted by atomic mass is 79.9. The van der Waals surface area contributed by atoms with Gasteiger partial charge in [-0.15, -0.1) is 11.6 Å². The number of alkyl halides is 5. The highest BCUT2D eigenvalue weighted by molar-refractivity contribution is 9.08. The Morgan fingerprint density at radius 3 is 2.56 bits per heavy atom. The van der Waals surface area contributed by atoms with E-state index in [1.54, 1.807) is 12.1 Å². The van der Waals surface area contributed by atoms with Crippen LogP contribution in [0.25, 0.3) is 0 Å². The Morgan fingerprint density at radius 1 is 1.50 bits per heavy atom. The van der Waals surface area contributed by atoms with Gasteiger partial charge in [-0.1, -0.05) is 34.1 Å². The van der Waals surface area contributed by atoms with Crippen molar-refractivity contribution in [3.63, 3.8) is 0 Å². The van der Waals surface area contributed by atoms with Crippen molar-refractivity contribution in [2.75, 3.05) is 0 Å². The quantitative estimate of drug-likeness (QED) is 0.550. The van der Waals surface area contributed by atoms with Gasteiger partial charge in [-0.3, -0.25) is 4.79 Å². The van der Waals surface area contributed by atoms with Gasteiger partial charge in [0.1, 0.15) is 5.38 Å². The summed E-state index contributed by atoms with van der Waals surface area (Å²) in [5, 5.41) is -0.797. The molecule has 0 aromatic heterocycles. The first-order valence-corrected chi connectivity index (χ1v) is 7.21. The number of carbonyl (C=O) groups excluding carboxylic acids is 1. The molecule has 0 spiro atoms. The Hall–Kier alpha value is -0.200. The van der Waals surface area contributed by atoms with Crippen LogP contribution in [0.5, 0.6) is 0 Å². The van der Waals surface area contributed by atoms with E-state index in [1.165, 1.54) is 13.0 Å². The summed E-state index contributed by atoms with van der Waals surface area (Å²) < 4.78 is 37.6. The number of hydrogen-bond donors (Lipinski definition) is 0. The van der Waals surface area contributed by atoms with Crippen molar-refractivity contribution in [3.05, 3.63) is 29.3 Å². The lowest BCUT2D eigenvalue weighted by Crippen LogP contribution is -2.08. The normalized spacial score (nSPS) is 13.4. The molecule has 0 aliphatic carbocycles. The molecule has 0 saturated carbocycles. The fourth-order valence-electron chi connectivity index (χ4n) is 1.37. The van der Waals surface area contributed by atoms with Crippen molar-refractivity contribution >= 4 is 45.1 Å². The van der Waals surface area contributed by atoms with Crippen LogP contribution in [-0.2, 0) is 10.1 Å². The molecule has 1 aromatic carbocycles. The molecule has 100 valence electrons. The Kier molecular flexibility index (Phi) is 5.55. The lowest BCUT2D eigenvalue weighted by Gasteiger charge is -2.16. The third-order valence-electron chi connectivity index (χ3n) is 2.12.